The summed E-state index contributed by atoms with van der Waals surface area (Å²) in [7, 11) is 1.53. The van der Waals surface area contributed by atoms with E-state index in [1.807, 2.05) is 12.1 Å². The third-order valence-corrected chi connectivity index (χ3v) is 4.87. The maximum atomic E-state index is 12.9. The van der Waals surface area contributed by atoms with Gasteiger partial charge < -0.3 is 25.6 Å². The molecule has 3 aliphatic rings. The van der Waals surface area contributed by atoms with Crippen molar-refractivity contribution < 1.29 is 19.1 Å². The molecule has 0 aliphatic carbocycles. The summed E-state index contributed by atoms with van der Waals surface area (Å²) in [6.07, 6.45) is 0.118. The minimum absolute atomic E-state index is 0.0915. The van der Waals surface area contributed by atoms with E-state index in [1.54, 1.807) is 11.0 Å². The molecule has 0 aromatic heterocycles. The molecule has 8 heteroatoms. The molecule has 0 unspecified atom stereocenters. The second kappa shape index (κ2) is 5.12. The highest BCUT2D eigenvalue weighted by molar-refractivity contribution is 6.02. The predicted molar refractivity (Wildman–Crippen MR) is 84.8 cm³/mol. The lowest BCUT2D eigenvalue weighted by molar-refractivity contribution is -0.142. The van der Waals surface area contributed by atoms with Gasteiger partial charge in [-0.25, -0.2) is 4.79 Å². The van der Waals surface area contributed by atoms with Crippen LogP contribution in [0.3, 0.4) is 0 Å². The highest BCUT2D eigenvalue weighted by Gasteiger charge is 2.51. The zero-order valence-corrected chi connectivity index (χ0v) is 13.2. The second-order valence-corrected chi connectivity index (χ2v) is 6.51. The number of benzene rings is 1. The average Bonchev–Trinajstić information content (AvgIpc) is 2.93. The van der Waals surface area contributed by atoms with Crippen molar-refractivity contribution in [1.82, 2.24) is 15.5 Å². The summed E-state index contributed by atoms with van der Waals surface area (Å²) in [4.78, 5) is 37.9. The van der Waals surface area contributed by atoms with E-state index >= 15 is 0 Å². The smallest absolute Gasteiger partial charge is 0.315 e. The van der Waals surface area contributed by atoms with E-state index in [4.69, 9.17) is 4.74 Å². The molecule has 24 heavy (non-hydrogen) atoms. The number of rotatable bonds is 2. The number of carbonyl (C=O) groups excluding carboxylic acids is 3. The Balaban J connectivity index is 1.56. The average molecular weight is 330 g/mol. The number of ether oxygens (including phenoxy) is 1. The Morgan fingerprint density at radius 2 is 2.12 bits per heavy atom. The number of anilines is 1. The molecular weight excluding hydrogens is 312 g/mol. The van der Waals surface area contributed by atoms with Crippen molar-refractivity contribution in [3.63, 3.8) is 0 Å². The predicted octanol–water partition coefficient (Wildman–Crippen LogP) is 0.0148. The van der Waals surface area contributed by atoms with Gasteiger partial charge >= 0.3 is 6.03 Å². The first-order valence-corrected chi connectivity index (χ1v) is 7.83. The first kappa shape index (κ1) is 14.8. The quantitative estimate of drug-likeness (QED) is 0.711. The van der Waals surface area contributed by atoms with Crippen LogP contribution in [0.1, 0.15) is 17.9 Å². The largest absolute Gasteiger partial charge is 0.495 e. The van der Waals surface area contributed by atoms with Crippen LogP contribution in [0.5, 0.6) is 5.75 Å². The molecular formula is C16H18N4O4. The monoisotopic (exact) mass is 330 g/mol. The highest BCUT2D eigenvalue weighted by Crippen LogP contribution is 2.40. The van der Waals surface area contributed by atoms with E-state index in [9.17, 15) is 14.4 Å². The Morgan fingerprint density at radius 3 is 2.79 bits per heavy atom. The van der Waals surface area contributed by atoms with Crippen molar-refractivity contribution in [2.75, 3.05) is 32.1 Å². The number of likely N-dealkylation sites (tertiary alicyclic amines) is 1. The minimum Gasteiger partial charge on any atom is -0.495 e. The summed E-state index contributed by atoms with van der Waals surface area (Å²) in [6.45, 7) is 1.44. The lowest BCUT2D eigenvalue weighted by atomic mass is 9.84. The number of urea groups is 1. The molecule has 1 atom stereocenters. The molecule has 4 rings (SSSR count). The van der Waals surface area contributed by atoms with Crippen LogP contribution in [0.4, 0.5) is 10.5 Å². The summed E-state index contributed by atoms with van der Waals surface area (Å²) in [6, 6.07) is 5.21. The van der Waals surface area contributed by atoms with E-state index in [-0.39, 0.29) is 29.8 Å². The number of amides is 4. The maximum Gasteiger partial charge on any atom is 0.315 e. The molecule has 1 aromatic rings. The van der Waals surface area contributed by atoms with Crippen LogP contribution >= 0.6 is 0 Å². The number of hydrogen-bond donors (Lipinski definition) is 3. The third kappa shape index (κ3) is 2.17. The normalized spacial score (nSPS) is 23.7. The minimum atomic E-state index is -0.522. The van der Waals surface area contributed by atoms with Crippen LogP contribution in [0.15, 0.2) is 18.2 Å². The molecule has 126 valence electrons. The Morgan fingerprint density at radius 1 is 1.33 bits per heavy atom. The fourth-order valence-electron chi connectivity index (χ4n) is 3.68. The molecule has 3 N–H and O–H groups in total. The van der Waals surface area contributed by atoms with Crippen molar-refractivity contribution in [1.29, 1.82) is 0 Å². The maximum absolute atomic E-state index is 12.9. The lowest BCUT2D eigenvalue weighted by Gasteiger charge is -2.48. The van der Waals surface area contributed by atoms with Gasteiger partial charge in [0.05, 0.1) is 24.3 Å². The van der Waals surface area contributed by atoms with Crippen LogP contribution in [0.2, 0.25) is 0 Å². The molecule has 0 radical (unpaired) electrons. The molecule has 2 fully saturated rings. The van der Waals surface area contributed by atoms with Gasteiger partial charge in [-0.1, -0.05) is 12.1 Å². The summed E-state index contributed by atoms with van der Waals surface area (Å²) in [5, 5.41) is 8.37. The Bertz CT molecular complexity index is 742. The zero-order valence-electron chi connectivity index (χ0n) is 13.2. The van der Waals surface area contributed by atoms with E-state index in [2.05, 4.69) is 16.0 Å². The summed E-state index contributed by atoms with van der Waals surface area (Å²) >= 11 is 0. The van der Waals surface area contributed by atoms with Crippen LogP contribution < -0.4 is 20.7 Å². The second-order valence-electron chi connectivity index (χ2n) is 6.51. The van der Waals surface area contributed by atoms with E-state index in [1.165, 1.54) is 7.11 Å². The van der Waals surface area contributed by atoms with Crippen LogP contribution in [-0.4, -0.2) is 55.0 Å². The summed E-state index contributed by atoms with van der Waals surface area (Å²) in [5.74, 6) is -0.264. The number of hydrogen-bond acceptors (Lipinski definition) is 4. The van der Waals surface area contributed by atoms with E-state index < -0.39 is 5.92 Å². The van der Waals surface area contributed by atoms with Gasteiger partial charge in [0.2, 0.25) is 11.8 Å². The van der Waals surface area contributed by atoms with Gasteiger partial charge in [-0.15, -0.1) is 0 Å². The first-order valence-electron chi connectivity index (χ1n) is 7.83. The Labute approximate surface area is 138 Å². The van der Waals surface area contributed by atoms with Crippen LogP contribution in [-0.2, 0) is 9.59 Å². The van der Waals surface area contributed by atoms with Gasteiger partial charge in [0.25, 0.3) is 0 Å². The van der Waals surface area contributed by atoms with Crippen molar-refractivity contribution in [3.8, 4) is 5.75 Å². The van der Waals surface area contributed by atoms with E-state index in [0.29, 0.717) is 31.1 Å². The van der Waals surface area contributed by atoms with Crippen molar-refractivity contribution >= 4 is 23.5 Å². The van der Waals surface area contributed by atoms with Gasteiger partial charge in [0.15, 0.2) is 0 Å². The third-order valence-electron chi connectivity index (χ3n) is 4.87. The Hall–Kier alpha value is -2.77. The molecule has 3 aliphatic heterocycles. The first-order chi connectivity index (χ1) is 11.5. The van der Waals surface area contributed by atoms with Crippen LogP contribution in [0, 0.1) is 0 Å². The van der Waals surface area contributed by atoms with Gasteiger partial charge in [-0.3, -0.25) is 9.59 Å². The van der Waals surface area contributed by atoms with Gasteiger partial charge in [-0.2, -0.15) is 0 Å². The number of methoxy groups -OCH3 is 1. The highest BCUT2D eigenvalue weighted by atomic mass is 16.5. The number of nitrogens with one attached hydrogen (secondary N) is 3. The standard InChI is InChI=1S/C16H18N4O4/c1-24-11-4-2-3-9-10(5-12(21)18-13(9)11)14(22)20-7-16(8-20)6-17-15(23)19-16/h2-4,10H,5-8H2,1H3,(H,18,21)(H2,17,19,23)/t10-/m1/s1. The molecule has 1 aromatic carbocycles. The van der Waals surface area contributed by atoms with Crippen molar-refractivity contribution in [2.45, 2.75) is 17.9 Å². The van der Waals surface area contributed by atoms with Crippen molar-refractivity contribution in [2.24, 2.45) is 0 Å². The molecule has 0 saturated carbocycles. The molecule has 2 saturated heterocycles. The van der Waals surface area contributed by atoms with Gasteiger partial charge in [0.1, 0.15) is 5.75 Å². The number of fused-ring (bicyclic) bond motifs is 1. The fraction of sp³-hybridized carbons (Fsp3) is 0.438. The Kier molecular flexibility index (Phi) is 3.16. The molecule has 1 spiro atoms. The summed E-state index contributed by atoms with van der Waals surface area (Å²) < 4.78 is 5.28. The topological polar surface area (TPSA) is 99.8 Å². The van der Waals surface area contributed by atoms with Gasteiger partial charge in [0, 0.05) is 26.1 Å². The molecule has 8 nitrogen and oxygen atoms in total. The SMILES string of the molecule is COc1cccc2c1NC(=O)C[C@H]2C(=O)N1CC2(CNC(=O)N2)C1. The number of nitrogens with zero attached hydrogens (tertiary/aromatic N) is 1. The molecule has 3 heterocycles. The zero-order chi connectivity index (χ0) is 16.9. The summed E-state index contributed by atoms with van der Waals surface area (Å²) in [5.41, 5.74) is 0.982. The van der Waals surface area contributed by atoms with Crippen molar-refractivity contribution in [3.05, 3.63) is 23.8 Å². The number of para-hydroxylation sites is 1. The molecule has 0 bridgehead atoms. The van der Waals surface area contributed by atoms with E-state index in [0.717, 1.165) is 5.56 Å². The van der Waals surface area contributed by atoms with Crippen LogP contribution in [0.25, 0.3) is 0 Å². The lowest BCUT2D eigenvalue weighted by Crippen LogP contribution is -2.70. The fourth-order valence-corrected chi connectivity index (χ4v) is 3.68. The number of carbonyl (C=O) groups is 3. The van der Waals surface area contributed by atoms with Gasteiger partial charge in [-0.05, 0) is 11.6 Å². The molecule has 4 amide bonds.